The zero-order valence-corrected chi connectivity index (χ0v) is 9.75. The van der Waals surface area contributed by atoms with Crippen LogP contribution in [0.15, 0.2) is 35.2 Å². The Kier molecular flexibility index (Phi) is 5.42. The molecule has 4 nitrogen and oxygen atoms in total. The van der Waals surface area contributed by atoms with Crippen LogP contribution in [-0.2, 0) is 14.3 Å². The van der Waals surface area contributed by atoms with Crippen molar-refractivity contribution in [2.45, 2.75) is 4.90 Å². The molecule has 1 amide bonds. The molecule has 0 aliphatic rings. The predicted octanol–water partition coefficient (Wildman–Crippen LogP) is 1.07. The summed E-state index contributed by atoms with van der Waals surface area (Å²) < 4.78 is 4.74. The highest BCUT2D eigenvalue weighted by Crippen LogP contribution is 2.16. The lowest BCUT2D eigenvalue weighted by Crippen LogP contribution is -2.25. The van der Waals surface area contributed by atoms with E-state index in [0.717, 1.165) is 4.90 Å². The molecule has 0 fully saturated rings. The Morgan fingerprint density at radius 3 is 2.62 bits per heavy atom. The van der Waals surface area contributed by atoms with Gasteiger partial charge < -0.3 is 10.1 Å². The third-order valence-electron chi connectivity index (χ3n) is 1.74. The summed E-state index contributed by atoms with van der Waals surface area (Å²) in [5.74, 6) is -0.489. The van der Waals surface area contributed by atoms with E-state index in [1.165, 1.54) is 18.8 Å². The monoisotopic (exact) mass is 239 g/mol. The first-order valence-corrected chi connectivity index (χ1v) is 5.75. The molecule has 1 rings (SSSR count). The van der Waals surface area contributed by atoms with Crippen LogP contribution in [0.5, 0.6) is 0 Å². The van der Waals surface area contributed by atoms with E-state index in [9.17, 15) is 9.59 Å². The smallest absolute Gasteiger partial charge is 0.316 e. The fourth-order valence-corrected chi connectivity index (χ4v) is 1.64. The molecule has 0 bridgehead atoms. The molecule has 0 aliphatic carbocycles. The Labute approximate surface area is 98.4 Å². The summed E-state index contributed by atoms with van der Waals surface area (Å²) in [6.45, 7) is -0.218. The summed E-state index contributed by atoms with van der Waals surface area (Å²) in [7, 11) is 1.49. The van der Waals surface area contributed by atoms with Crippen molar-refractivity contribution >= 4 is 23.6 Å². The van der Waals surface area contributed by atoms with Gasteiger partial charge in [-0.15, -0.1) is 11.8 Å². The third kappa shape index (κ3) is 4.84. The van der Waals surface area contributed by atoms with E-state index in [4.69, 9.17) is 4.74 Å². The Balaban J connectivity index is 2.23. The summed E-state index contributed by atoms with van der Waals surface area (Å²) >= 11 is 1.38. The molecule has 1 N–H and O–H groups in total. The lowest BCUT2D eigenvalue weighted by atomic mass is 10.4. The van der Waals surface area contributed by atoms with Gasteiger partial charge in [-0.2, -0.15) is 0 Å². The minimum atomic E-state index is -0.391. The minimum Gasteiger partial charge on any atom is -0.455 e. The van der Waals surface area contributed by atoms with E-state index in [0.29, 0.717) is 0 Å². The Morgan fingerprint density at radius 1 is 1.31 bits per heavy atom. The van der Waals surface area contributed by atoms with Crippen molar-refractivity contribution in [2.24, 2.45) is 0 Å². The van der Waals surface area contributed by atoms with Crippen molar-refractivity contribution in [3.05, 3.63) is 30.3 Å². The maximum Gasteiger partial charge on any atom is 0.316 e. The number of likely N-dealkylation sites (N-methyl/N-ethyl adjacent to an activating group) is 1. The molecule has 0 spiro atoms. The predicted molar refractivity (Wildman–Crippen MR) is 62.2 cm³/mol. The third-order valence-corrected chi connectivity index (χ3v) is 2.73. The van der Waals surface area contributed by atoms with Gasteiger partial charge in [-0.25, -0.2) is 0 Å². The summed E-state index contributed by atoms with van der Waals surface area (Å²) in [5.41, 5.74) is 0. The zero-order chi connectivity index (χ0) is 11.8. The summed E-state index contributed by atoms with van der Waals surface area (Å²) in [6.07, 6.45) is 0. The normalized spacial score (nSPS) is 9.56. The second kappa shape index (κ2) is 6.90. The zero-order valence-electron chi connectivity index (χ0n) is 8.93. The number of ether oxygens (including phenoxy) is 1. The van der Waals surface area contributed by atoms with Gasteiger partial charge in [0.15, 0.2) is 6.61 Å². The molecule has 86 valence electrons. The van der Waals surface area contributed by atoms with Crippen LogP contribution in [0.4, 0.5) is 0 Å². The van der Waals surface area contributed by atoms with Gasteiger partial charge in [-0.3, -0.25) is 9.59 Å². The molecule has 0 saturated carbocycles. The molecule has 1 aromatic rings. The van der Waals surface area contributed by atoms with Crippen LogP contribution in [-0.4, -0.2) is 31.3 Å². The van der Waals surface area contributed by atoms with Crippen molar-refractivity contribution in [2.75, 3.05) is 19.4 Å². The standard InChI is InChI=1S/C11H13NO3S/c1-12-10(13)7-15-11(14)8-16-9-5-3-2-4-6-9/h2-6H,7-8H2,1H3,(H,12,13). The highest BCUT2D eigenvalue weighted by atomic mass is 32.2. The molecule has 0 radical (unpaired) electrons. The number of carbonyl (C=O) groups is 2. The van der Waals surface area contributed by atoms with E-state index in [1.807, 2.05) is 30.3 Å². The lowest BCUT2D eigenvalue weighted by Gasteiger charge is -2.03. The van der Waals surface area contributed by atoms with Gasteiger partial charge in [0, 0.05) is 11.9 Å². The average Bonchev–Trinajstić information content (AvgIpc) is 2.34. The van der Waals surface area contributed by atoms with Crippen LogP contribution in [0.1, 0.15) is 0 Å². The molecule has 0 aliphatic heterocycles. The number of thioether (sulfide) groups is 1. The lowest BCUT2D eigenvalue weighted by molar-refractivity contribution is -0.145. The molecule has 0 aromatic heterocycles. The van der Waals surface area contributed by atoms with Gasteiger partial charge in [0.2, 0.25) is 0 Å². The second-order valence-electron chi connectivity index (χ2n) is 2.94. The van der Waals surface area contributed by atoms with E-state index in [1.54, 1.807) is 0 Å². The van der Waals surface area contributed by atoms with Crippen LogP contribution < -0.4 is 5.32 Å². The summed E-state index contributed by atoms with van der Waals surface area (Å²) in [4.78, 5) is 23.0. The van der Waals surface area contributed by atoms with Crippen LogP contribution in [0.25, 0.3) is 0 Å². The molecular formula is C11H13NO3S. The molecule has 16 heavy (non-hydrogen) atoms. The SMILES string of the molecule is CNC(=O)COC(=O)CSc1ccccc1. The van der Waals surface area contributed by atoms with Crippen molar-refractivity contribution in [3.63, 3.8) is 0 Å². The van der Waals surface area contributed by atoms with Crippen molar-refractivity contribution in [3.8, 4) is 0 Å². The minimum absolute atomic E-state index is 0.209. The maximum atomic E-state index is 11.2. The van der Waals surface area contributed by atoms with Gasteiger partial charge in [0.25, 0.3) is 5.91 Å². The Hall–Kier alpha value is -1.49. The van der Waals surface area contributed by atoms with Crippen LogP contribution in [0, 0.1) is 0 Å². The van der Waals surface area contributed by atoms with Gasteiger partial charge in [-0.1, -0.05) is 18.2 Å². The Morgan fingerprint density at radius 2 is 2.00 bits per heavy atom. The first kappa shape index (κ1) is 12.6. The number of nitrogens with one attached hydrogen (secondary N) is 1. The highest BCUT2D eigenvalue weighted by molar-refractivity contribution is 8.00. The Bertz CT molecular complexity index is 354. The van der Waals surface area contributed by atoms with Crippen molar-refractivity contribution in [1.82, 2.24) is 5.32 Å². The average molecular weight is 239 g/mol. The highest BCUT2D eigenvalue weighted by Gasteiger charge is 2.06. The molecular weight excluding hydrogens is 226 g/mol. The van der Waals surface area contributed by atoms with Crippen LogP contribution in [0.3, 0.4) is 0 Å². The van der Waals surface area contributed by atoms with Crippen molar-refractivity contribution in [1.29, 1.82) is 0 Å². The van der Waals surface area contributed by atoms with Crippen LogP contribution >= 0.6 is 11.8 Å². The molecule has 1 aromatic carbocycles. The molecule has 0 saturated heterocycles. The molecule has 5 heteroatoms. The van der Waals surface area contributed by atoms with Crippen molar-refractivity contribution < 1.29 is 14.3 Å². The number of rotatable bonds is 5. The number of hydrogen-bond donors (Lipinski definition) is 1. The van der Waals surface area contributed by atoms with E-state index >= 15 is 0 Å². The fourth-order valence-electron chi connectivity index (χ4n) is 0.919. The first-order valence-electron chi connectivity index (χ1n) is 4.76. The topological polar surface area (TPSA) is 55.4 Å². The molecule has 0 unspecified atom stereocenters. The van der Waals surface area contributed by atoms with E-state index < -0.39 is 5.97 Å². The number of carbonyl (C=O) groups excluding carboxylic acids is 2. The maximum absolute atomic E-state index is 11.2. The second-order valence-corrected chi connectivity index (χ2v) is 3.98. The van der Waals surface area contributed by atoms with E-state index in [2.05, 4.69) is 5.32 Å². The quantitative estimate of drug-likeness (QED) is 0.617. The molecule has 0 heterocycles. The number of amides is 1. The number of benzene rings is 1. The number of hydrogen-bond acceptors (Lipinski definition) is 4. The molecule has 0 atom stereocenters. The first-order chi connectivity index (χ1) is 7.72. The van der Waals surface area contributed by atoms with Crippen LogP contribution in [0.2, 0.25) is 0 Å². The van der Waals surface area contributed by atoms with Gasteiger partial charge in [-0.05, 0) is 12.1 Å². The van der Waals surface area contributed by atoms with Gasteiger partial charge >= 0.3 is 5.97 Å². The van der Waals surface area contributed by atoms with Gasteiger partial charge in [0.05, 0.1) is 5.75 Å². The summed E-state index contributed by atoms with van der Waals surface area (Å²) in [6, 6.07) is 9.54. The number of esters is 1. The summed E-state index contributed by atoms with van der Waals surface area (Å²) in [5, 5.41) is 2.37. The fraction of sp³-hybridized carbons (Fsp3) is 0.273. The van der Waals surface area contributed by atoms with E-state index in [-0.39, 0.29) is 18.3 Å². The van der Waals surface area contributed by atoms with Gasteiger partial charge in [0.1, 0.15) is 0 Å². The largest absolute Gasteiger partial charge is 0.455 e.